The molecule has 0 aliphatic rings. The quantitative estimate of drug-likeness (QED) is 0.360. The van der Waals surface area contributed by atoms with Crippen LogP contribution in [-0.4, -0.2) is 15.8 Å². The van der Waals surface area contributed by atoms with Gasteiger partial charge in [-0.3, -0.25) is 25.0 Å². The molecule has 0 aromatic heterocycles. The molecule has 24 heavy (non-hydrogen) atoms. The number of carbonyl (C=O) groups excluding carboxylic acids is 1. The number of carbonyl (C=O) groups is 1. The van der Waals surface area contributed by atoms with E-state index in [2.05, 4.69) is 12.2 Å². The van der Waals surface area contributed by atoms with Crippen molar-refractivity contribution in [3.05, 3.63) is 38.4 Å². The molecule has 0 spiro atoms. The number of benzene rings is 1. The number of amides is 1. The van der Waals surface area contributed by atoms with Crippen LogP contribution in [-0.2, 0) is 4.79 Å². The lowest BCUT2D eigenvalue weighted by atomic mass is 10.1. The van der Waals surface area contributed by atoms with Crippen molar-refractivity contribution in [1.29, 1.82) is 0 Å². The molecule has 132 valence electrons. The van der Waals surface area contributed by atoms with E-state index in [0.29, 0.717) is 0 Å². The number of non-ortho nitro benzene ring substituents is 1. The van der Waals surface area contributed by atoms with E-state index in [1.165, 1.54) is 25.3 Å². The minimum Gasteiger partial charge on any atom is -0.320 e. The van der Waals surface area contributed by atoms with Crippen LogP contribution in [0, 0.1) is 20.2 Å². The minimum absolute atomic E-state index is 0.0152. The maximum Gasteiger partial charge on any atom is 0.299 e. The first kappa shape index (κ1) is 19.5. The van der Waals surface area contributed by atoms with Gasteiger partial charge in [0.05, 0.1) is 15.9 Å². The molecular weight excluding hydrogens is 314 g/mol. The fourth-order valence-electron chi connectivity index (χ4n) is 2.35. The second-order valence-electron chi connectivity index (χ2n) is 5.64. The fraction of sp³-hybridized carbons (Fsp3) is 0.562. The van der Waals surface area contributed by atoms with Crippen LogP contribution in [0.25, 0.3) is 0 Å². The molecule has 1 aromatic rings. The average Bonchev–Trinajstić information content (AvgIpc) is 2.54. The molecule has 8 nitrogen and oxygen atoms in total. The van der Waals surface area contributed by atoms with Gasteiger partial charge in [0.1, 0.15) is 5.69 Å². The van der Waals surface area contributed by atoms with E-state index in [1.807, 2.05) is 0 Å². The maximum atomic E-state index is 11.9. The lowest BCUT2D eigenvalue weighted by Gasteiger charge is -2.06. The van der Waals surface area contributed by atoms with Crippen molar-refractivity contribution in [3.8, 4) is 0 Å². The zero-order valence-electron chi connectivity index (χ0n) is 13.8. The zero-order valence-corrected chi connectivity index (χ0v) is 13.8. The lowest BCUT2D eigenvalue weighted by Crippen LogP contribution is -2.12. The van der Waals surface area contributed by atoms with E-state index in [-0.39, 0.29) is 23.7 Å². The number of hydrogen-bond acceptors (Lipinski definition) is 5. The Kier molecular flexibility index (Phi) is 8.38. The highest BCUT2D eigenvalue weighted by molar-refractivity contribution is 5.93. The van der Waals surface area contributed by atoms with Crippen molar-refractivity contribution >= 4 is 23.0 Å². The highest BCUT2D eigenvalue weighted by atomic mass is 16.6. The van der Waals surface area contributed by atoms with Crippen molar-refractivity contribution in [3.63, 3.8) is 0 Å². The molecule has 0 fully saturated rings. The van der Waals surface area contributed by atoms with Crippen LogP contribution in [0.15, 0.2) is 18.2 Å². The van der Waals surface area contributed by atoms with Gasteiger partial charge in [-0.1, -0.05) is 45.4 Å². The number of nitro groups is 2. The Morgan fingerprint density at radius 3 is 2.21 bits per heavy atom. The summed E-state index contributed by atoms with van der Waals surface area (Å²) in [6, 6.07) is 3.18. The SMILES string of the molecule is CCCCCCCCCC(=O)Nc1ccc([N+](=O)[O-])cc1[N+](=O)[O-]. The number of nitrogens with one attached hydrogen (secondary N) is 1. The van der Waals surface area contributed by atoms with Gasteiger partial charge >= 0.3 is 0 Å². The summed E-state index contributed by atoms with van der Waals surface area (Å²) in [7, 11) is 0. The van der Waals surface area contributed by atoms with Crippen molar-refractivity contribution in [2.45, 2.75) is 58.3 Å². The Morgan fingerprint density at radius 1 is 1.00 bits per heavy atom. The second kappa shape index (κ2) is 10.3. The summed E-state index contributed by atoms with van der Waals surface area (Å²) in [4.78, 5) is 32.1. The summed E-state index contributed by atoms with van der Waals surface area (Å²) in [6.07, 6.45) is 7.80. The number of nitro benzene ring substituents is 2. The number of nitrogens with zero attached hydrogens (tertiary/aromatic N) is 2. The summed E-state index contributed by atoms with van der Waals surface area (Å²) in [5.74, 6) is -0.319. The Bertz CT molecular complexity index is 589. The molecule has 0 bridgehead atoms. The van der Waals surface area contributed by atoms with Gasteiger partial charge in [0.15, 0.2) is 0 Å². The van der Waals surface area contributed by atoms with E-state index in [9.17, 15) is 25.0 Å². The fourth-order valence-corrected chi connectivity index (χ4v) is 2.35. The Hall–Kier alpha value is -2.51. The van der Waals surface area contributed by atoms with Crippen molar-refractivity contribution in [2.24, 2.45) is 0 Å². The smallest absolute Gasteiger partial charge is 0.299 e. The molecule has 0 heterocycles. The van der Waals surface area contributed by atoms with Crippen molar-refractivity contribution in [2.75, 3.05) is 5.32 Å². The first-order valence-electron chi connectivity index (χ1n) is 8.18. The van der Waals surface area contributed by atoms with Crippen molar-refractivity contribution in [1.82, 2.24) is 0 Å². The standard InChI is InChI=1S/C16H23N3O5/c1-2-3-4-5-6-7-8-9-16(20)17-14-11-10-13(18(21)22)12-15(14)19(23)24/h10-12H,2-9H2,1H3,(H,17,20). The number of anilines is 1. The zero-order chi connectivity index (χ0) is 17.9. The highest BCUT2D eigenvalue weighted by Crippen LogP contribution is 2.29. The monoisotopic (exact) mass is 337 g/mol. The summed E-state index contributed by atoms with van der Waals surface area (Å²) >= 11 is 0. The van der Waals surface area contributed by atoms with Crippen LogP contribution in [0.1, 0.15) is 58.3 Å². The minimum atomic E-state index is -0.740. The predicted octanol–water partition coefficient (Wildman–Crippen LogP) is 4.58. The first-order valence-corrected chi connectivity index (χ1v) is 8.18. The van der Waals surface area contributed by atoms with E-state index < -0.39 is 15.5 Å². The van der Waals surface area contributed by atoms with Crippen LogP contribution in [0.4, 0.5) is 17.1 Å². The molecule has 1 N–H and O–H groups in total. The van der Waals surface area contributed by atoms with Gasteiger partial charge in [-0.25, -0.2) is 0 Å². The van der Waals surface area contributed by atoms with E-state index in [4.69, 9.17) is 0 Å². The van der Waals surface area contributed by atoms with Crippen LogP contribution >= 0.6 is 0 Å². The molecule has 1 aromatic carbocycles. The third-order valence-corrected chi connectivity index (χ3v) is 3.67. The first-order chi connectivity index (χ1) is 11.5. The third kappa shape index (κ3) is 6.72. The Balaban J connectivity index is 2.49. The van der Waals surface area contributed by atoms with Crippen molar-refractivity contribution < 1.29 is 14.6 Å². The summed E-state index contributed by atoms with van der Waals surface area (Å²) < 4.78 is 0. The van der Waals surface area contributed by atoms with Gasteiger partial charge in [0.25, 0.3) is 11.4 Å². The summed E-state index contributed by atoms with van der Waals surface area (Å²) in [6.45, 7) is 2.15. The van der Waals surface area contributed by atoms with Crippen LogP contribution in [0.3, 0.4) is 0 Å². The summed E-state index contributed by atoms with van der Waals surface area (Å²) in [5.41, 5.74) is -0.873. The average molecular weight is 337 g/mol. The Morgan fingerprint density at radius 2 is 1.62 bits per heavy atom. The second-order valence-corrected chi connectivity index (χ2v) is 5.64. The van der Waals surface area contributed by atoms with Gasteiger partial charge in [-0.15, -0.1) is 0 Å². The molecule has 0 saturated heterocycles. The molecule has 1 amide bonds. The third-order valence-electron chi connectivity index (χ3n) is 3.67. The van der Waals surface area contributed by atoms with Gasteiger partial charge < -0.3 is 5.32 Å². The topological polar surface area (TPSA) is 115 Å². The number of unbranched alkanes of at least 4 members (excludes halogenated alkanes) is 6. The van der Waals surface area contributed by atoms with Crippen LogP contribution in [0.2, 0.25) is 0 Å². The molecule has 0 radical (unpaired) electrons. The van der Waals surface area contributed by atoms with E-state index in [0.717, 1.165) is 37.8 Å². The maximum absolute atomic E-state index is 11.9. The molecule has 0 atom stereocenters. The molecule has 0 saturated carbocycles. The molecule has 8 heteroatoms. The predicted molar refractivity (Wildman–Crippen MR) is 91.0 cm³/mol. The Labute approximate surface area is 140 Å². The molecule has 0 unspecified atom stereocenters. The molecule has 0 aliphatic heterocycles. The van der Waals surface area contributed by atoms with Gasteiger partial charge in [0, 0.05) is 12.5 Å². The summed E-state index contributed by atoms with van der Waals surface area (Å²) in [5, 5.41) is 24.1. The van der Waals surface area contributed by atoms with Gasteiger partial charge in [-0.2, -0.15) is 0 Å². The van der Waals surface area contributed by atoms with Gasteiger partial charge in [0.2, 0.25) is 5.91 Å². The highest BCUT2D eigenvalue weighted by Gasteiger charge is 2.20. The van der Waals surface area contributed by atoms with E-state index >= 15 is 0 Å². The largest absolute Gasteiger partial charge is 0.320 e. The lowest BCUT2D eigenvalue weighted by molar-refractivity contribution is -0.393. The van der Waals surface area contributed by atoms with Gasteiger partial charge in [-0.05, 0) is 12.5 Å². The van der Waals surface area contributed by atoms with E-state index in [1.54, 1.807) is 0 Å². The number of rotatable bonds is 11. The normalized spacial score (nSPS) is 10.4. The molecule has 1 rings (SSSR count). The molecular formula is C16H23N3O5. The molecule has 0 aliphatic carbocycles. The van der Waals surface area contributed by atoms with Crippen LogP contribution < -0.4 is 5.32 Å². The van der Waals surface area contributed by atoms with Crippen LogP contribution in [0.5, 0.6) is 0 Å². The number of hydrogen-bond donors (Lipinski definition) is 1.